The second kappa shape index (κ2) is 5.89. The molecule has 1 nitrogen and oxygen atoms in total. The van der Waals surface area contributed by atoms with Gasteiger partial charge in [-0.1, -0.05) is 22.6 Å². The molecule has 90 valence electrons. The van der Waals surface area contributed by atoms with Gasteiger partial charge in [0.1, 0.15) is 5.75 Å². The van der Waals surface area contributed by atoms with Gasteiger partial charge in [-0.3, -0.25) is 0 Å². The van der Waals surface area contributed by atoms with Crippen LogP contribution in [-0.4, -0.2) is 11.0 Å². The van der Waals surface area contributed by atoms with Crippen LogP contribution in [0.4, 0.5) is 0 Å². The van der Waals surface area contributed by atoms with Gasteiger partial charge in [-0.2, -0.15) is 0 Å². The zero-order chi connectivity index (χ0) is 12.3. The first-order valence-corrected chi connectivity index (χ1v) is 7.35. The molecule has 0 spiro atoms. The topological polar surface area (TPSA) is 9.23 Å². The number of halogens is 1. The Morgan fingerprint density at radius 3 is 1.81 bits per heavy atom. The monoisotopic (exact) mass is 332 g/mol. The molecule has 0 saturated carbocycles. The average Bonchev–Trinajstić information content (AvgIpc) is 2.28. The van der Waals surface area contributed by atoms with Gasteiger partial charge in [0.25, 0.3) is 0 Å². The fourth-order valence-corrected chi connectivity index (χ4v) is 2.73. The molecule has 0 bridgehead atoms. The Morgan fingerprint density at radius 2 is 1.44 bits per heavy atom. The highest BCUT2D eigenvalue weighted by atomic mass is 127. The summed E-state index contributed by atoms with van der Waals surface area (Å²) in [6.45, 7) is 11.6. The summed E-state index contributed by atoms with van der Waals surface area (Å²) in [6, 6.07) is 0. The van der Waals surface area contributed by atoms with Crippen LogP contribution < -0.4 is 4.74 Å². The molecule has 0 fully saturated rings. The molecule has 0 amide bonds. The summed E-state index contributed by atoms with van der Waals surface area (Å²) in [6.07, 6.45) is 1.16. The van der Waals surface area contributed by atoms with Gasteiger partial charge >= 0.3 is 0 Å². The average molecular weight is 332 g/mol. The van der Waals surface area contributed by atoms with E-state index in [4.69, 9.17) is 4.74 Å². The molecule has 0 aliphatic heterocycles. The van der Waals surface area contributed by atoms with Crippen molar-refractivity contribution in [3.63, 3.8) is 0 Å². The lowest BCUT2D eigenvalue weighted by molar-refractivity contribution is 0.335. The van der Waals surface area contributed by atoms with E-state index in [2.05, 4.69) is 50.3 Å². The molecule has 0 aliphatic carbocycles. The smallest absolute Gasteiger partial charge is 0.125 e. The lowest BCUT2D eigenvalue weighted by atomic mass is 9.91. The zero-order valence-corrected chi connectivity index (χ0v) is 13.1. The van der Waals surface area contributed by atoms with Crippen LogP contribution in [0.5, 0.6) is 5.75 Å². The predicted octanol–water partition coefficient (Wildman–Crippen LogP) is 4.30. The lowest BCUT2D eigenvalue weighted by Crippen LogP contribution is -2.05. The van der Waals surface area contributed by atoms with Crippen molar-refractivity contribution in [1.29, 1.82) is 0 Å². The number of alkyl halides is 1. The van der Waals surface area contributed by atoms with Gasteiger partial charge in [-0.05, 0) is 68.9 Å². The van der Waals surface area contributed by atoms with Gasteiger partial charge in [-0.15, -0.1) is 0 Å². The number of hydrogen-bond acceptors (Lipinski definition) is 1. The van der Waals surface area contributed by atoms with Gasteiger partial charge < -0.3 is 4.74 Å². The summed E-state index contributed by atoms with van der Waals surface area (Å²) in [4.78, 5) is 0. The van der Waals surface area contributed by atoms with E-state index >= 15 is 0 Å². The summed E-state index contributed by atoms with van der Waals surface area (Å²) in [5.74, 6) is 1.09. The molecule has 0 heterocycles. The molecule has 1 aromatic rings. The molecule has 0 saturated heterocycles. The minimum Gasteiger partial charge on any atom is -0.493 e. The second-order valence-electron chi connectivity index (χ2n) is 4.18. The highest BCUT2D eigenvalue weighted by Gasteiger charge is 2.14. The van der Waals surface area contributed by atoms with E-state index in [1.165, 1.54) is 32.2 Å². The first-order valence-electron chi connectivity index (χ1n) is 5.82. The maximum Gasteiger partial charge on any atom is 0.125 e. The summed E-state index contributed by atoms with van der Waals surface area (Å²) in [5.41, 5.74) is 6.94. The van der Waals surface area contributed by atoms with Gasteiger partial charge in [0.05, 0.1) is 6.61 Å². The largest absolute Gasteiger partial charge is 0.493 e. The summed E-state index contributed by atoms with van der Waals surface area (Å²) in [7, 11) is 0. The molecule has 16 heavy (non-hydrogen) atoms. The Labute approximate surface area is 113 Å². The van der Waals surface area contributed by atoms with E-state index in [0.29, 0.717) is 0 Å². The van der Waals surface area contributed by atoms with Crippen molar-refractivity contribution < 1.29 is 4.74 Å². The Bertz CT molecular complexity index is 317. The van der Waals surface area contributed by atoms with Gasteiger partial charge in [0.15, 0.2) is 0 Å². The van der Waals surface area contributed by atoms with Crippen molar-refractivity contribution in [2.45, 2.75) is 41.0 Å². The van der Waals surface area contributed by atoms with Crippen molar-refractivity contribution in [2.75, 3.05) is 11.0 Å². The maximum absolute atomic E-state index is 5.76. The molecule has 0 atom stereocenters. The fraction of sp³-hybridized carbons (Fsp3) is 0.571. The van der Waals surface area contributed by atoms with E-state index in [-0.39, 0.29) is 0 Å². The zero-order valence-electron chi connectivity index (χ0n) is 10.9. The summed E-state index contributed by atoms with van der Waals surface area (Å²) in [5, 5.41) is 0. The molecular formula is C14H21IO. The second-order valence-corrected chi connectivity index (χ2v) is 5.26. The number of rotatable bonds is 4. The number of benzene rings is 1. The van der Waals surface area contributed by atoms with Gasteiger partial charge in [-0.25, -0.2) is 0 Å². The lowest BCUT2D eigenvalue weighted by Gasteiger charge is -2.20. The molecule has 1 aromatic carbocycles. The van der Waals surface area contributed by atoms with Crippen molar-refractivity contribution in [3.8, 4) is 5.75 Å². The number of ether oxygens (including phenoxy) is 1. The van der Waals surface area contributed by atoms with Crippen LogP contribution in [0.3, 0.4) is 0 Å². The van der Waals surface area contributed by atoms with Crippen molar-refractivity contribution in [3.05, 3.63) is 27.8 Å². The third kappa shape index (κ3) is 2.53. The standard InChI is InChI=1S/C14H21IO/c1-6-16-14-11(4)9(2)13(7-8-15)10(3)12(14)5/h6-8H2,1-5H3. The quantitative estimate of drug-likeness (QED) is 0.590. The number of hydrogen-bond donors (Lipinski definition) is 0. The van der Waals surface area contributed by atoms with Crippen molar-refractivity contribution in [2.24, 2.45) is 0 Å². The third-order valence-corrected chi connectivity index (χ3v) is 3.88. The predicted molar refractivity (Wildman–Crippen MR) is 79.2 cm³/mol. The van der Waals surface area contributed by atoms with Gasteiger partial charge in [0, 0.05) is 4.43 Å². The normalized spacial score (nSPS) is 10.6. The molecule has 2 heteroatoms. The Morgan fingerprint density at radius 1 is 0.938 bits per heavy atom. The van der Waals surface area contributed by atoms with E-state index in [0.717, 1.165) is 18.8 Å². The summed E-state index contributed by atoms with van der Waals surface area (Å²) >= 11 is 2.44. The molecule has 0 unspecified atom stereocenters. The molecule has 0 N–H and O–H groups in total. The van der Waals surface area contributed by atoms with E-state index in [9.17, 15) is 0 Å². The maximum atomic E-state index is 5.76. The highest BCUT2D eigenvalue weighted by Crippen LogP contribution is 2.33. The van der Waals surface area contributed by atoms with Crippen LogP contribution >= 0.6 is 22.6 Å². The first kappa shape index (κ1) is 13.8. The fourth-order valence-electron chi connectivity index (χ4n) is 2.19. The van der Waals surface area contributed by atoms with E-state index < -0.39 is 0 Å². The first-order chi connectivity index (χ1) is 7.54. The van der Waals surface area contributed by atoms with E-state index in [1.807, 2.05) is 6.92 Å². The van der Waals surface area contributed by atoms with Crippen LogP contribution in [-0.2, 0) is 6.42 Å². The Hall–Kier alpha value is -0.250. The molecule has 0 radical (unpaired) electrons. The molecule has 0 aliphatic rings. The van der Waals surface area contributed by atoms with Crippen LogP contribution in [0.1, 0.15) is 34.7 Å². The van der Waals surface area contributed by atoms with Crippen molar-refractivity contribution in [1.82, 2.24) is 0 Å². The minimum atomic E-state index is 0.742. The molecular weight excluding hydrogens is 311 g/mol. The van der Waals surface area contributed by atoms with Crippen LogP contribution in [0.2, 0.25) is 0 Å². The van der Waals surface area contributed by atoms with Crippen LogP contribution in [0.25, 0.3) is 0 Å². The van der Waals surface area contributed by atoms with Crippen LogP contribution in [0, 0.1) is 27.7 Å². The molecule has 1 rings (SSSR count). The minimum absolute atomic E-state index is 0.742. The van der Waals surface area contributed by atoms with Crippen molar-refractivity contribution >= 4 is 22.6 Å². The Kier molecular flexibility index (Phi) is 5.09. The summed E-state index contributed by atoms with van der Waals surface area (Å²) < 4.78 is 6.93. The van der Waals surface area contributed by atoms with E-state index in [1.54, 1.807) is 0 Å². The third-order valence-electron chi connectivity index (χ3n) is 3.34. The van der Waals surface area contributed by atoms with Gasteiger partial charge in [0.2, 0.25) is 0 Å². The highest BCUT2D eigenvalue weighted by molar-refractivity contribution is 14.1. The Balaban J connectivity index is 3.37. The SMILES string of the molecule is CCOc1c(C)c(C)c(CCI)c(C)c1C. The van der Waals surface area contributed by atoms with Crippen LogP contribution in [0.15, 0.2) is 0 Å². The molecule has 0 aromatic heterocycles.